The van der Waals surface area contributed by atoms with E-state index in [1.807, 2.05) is 25.8 Å². The van der Waals surface area contributed by atoms with Crippen LogP contribution in [-0.4, -0.2) is 47.7 Å². The maximum Gasteiger partial charge on any atom is 0.224 e. The molecule has 1 aliphatic rings. The predicted octanol–water partition coefficient (Wildman–Crippen LogP) is 1.92. The molecule has 2 N–H and O–H groups in total. The predicted molar refractivity (Wildman–Crippen MR) is 78.0 cm³/mol. The number of hydrogen-bond acceptors (Lipinski definition) is 3. The number of rotatable bonds is 7. The lowest BCUT2D eigenvalue weighted by Gasteiger charge is -2.39. The number of carbonyl (C=O) groups is 1. The first-order chi connectivity index (χ1) is 9.04. The second-order valence-electron chi connectivity index (χ2n) is 6.03. The van der Waals surface area contributed by atoms with E-state index in [2.05, 4.69) is 5.32 Å². The highest BCUT2D eigenvalue weighted by atomic mass is 16.3. The molecule has 1 saturated carbocycles. The number of aliphatic hydroxyl groups excluding tert-OH is 1. The van der Waals surface area contributed by atoms with Crippen LogP contribution in [0.2, 0.25) is 0 Å². The quantitative estimate of drug-likeness (QED) is 0.743. The molecule has 1 rings (SSSR count). The Morgan fingerprint density at radius 3 is 2.42 bits per heavy atom. The Hall–Kier alpha value is -0.610. The summed E-state index contributed by atoms with van der Waals surface area (Å²) in [6.45, 7) is 4.89. The summed E-state index contributed by atoms with van der Waals surface area (Å²) in [4.78, 5) is 14.4. The summed E-state index contributed by atoms with van der Waals surface area (Å²) in [6.07, 6.45) is 7.17. The number of aliphatic hydroxyl groups is 1. The molecule has 4 nitrogen and oxygen atoms in total. The minimum Gasteiger partial charge on any atom is -0.396 e. The number of carbonyl (C=O) groups excluding carboxylic acids is 1. The van der Waals surface area contributed by atoms with E-state index < -0.39 is 0 Å². The molecule has 0 radical (unpaired) electrons. The molecule has 0 unspecified atom stereocenters. The van der Waals surface area contributed by atoms with E-state index in [1.54, 1.807) is 0 Å². The number of hydrogen-bond donors (Lipinski definition) is 2. The smallest absolute Gasteiger partial charge is 0.224 e. The maximum absolute atomic E-state index is 12.5. The third-order valence-corrected chi connectivity index (χ3v) is 4.33. The lowest BCUT2D eigenvalue weighted by atomic mass is 9.79. The minimum atomic E-state index is 0.00167. The van der Waals surface area contributed by atoms with E-state index in [4.69, 9.17) is 5.11 Å². The van der Waals surface area contributed by atoms with Crippen LogP contribution < -0.4 is 5.32 Å². The molecule has 0 saturated heterocycles. The van der Waals surface area contributed by atoms with Crippen molar-refractivity contribution in [2.24, 2.45) is 0 Å². The average Bonchev–Trinajstić information content (AvgIpc) is 2.39. The Balaban J connectivity index is 2.62. The highest BCUT2D eigenvalue weighted by Gasteiger charge is 2.34. The maximum atomic E-state index is 12.5. The monoisotopic (exact) mass is 270 g/mol. The molecule has 0 spiro atoms. The van der Waals surface area contributed by atoms with Crippen LogP contribution in [0.4, 0.5) is 0 Å². The van der Waals surface area contributed by atoms with Gasteiger partial charge in [-0.25, -0.2) is 0 Å². The molecular weight excluding hydrogens is 240 g/mol. The van der Waals surface area contributed by atoms with Gasteiger partial charge in [0.25, 0.3) is 0 Å². The molecule has 112 valence electrons. The van der Waals surface area contributed by atoms with Crippen molar-refractivity contribution in [2.45, 2.75) is 70.4 Å². The van der Waals surface area contributed by atoms with E-state index in [0.717, 1.165) is 12.8 Å². The summed E-state index contributed by atoms with van der Waals surface area (Å²) in [5.74, 6) is 0.222. The van der Waals surface area contributed by atoms with Gasteiger partial charge in [0.05, 0.1) is 0 Å². The fraction of sp³-hybridized carbons (Fsp3) is 0.933. The third-order valence-electron chi connectivity index (χ3n) is 4.33. The van der Waals surface area contributed by atoms with Gasteiger partial charge in [0.1, 0.15) is 0 Å². The molecule has 1 amide bonds. The van der Waals surface area contributed by atoms with E-state index in [-0.39, 0.29) is 24.1 Å². The Bertz CT molecular complexity index is 273. The van der Waals surface area contributed by atoms with Gasteiger partial charge in [0.15, 0.2) is 0 Å². The van der Waals surface area contributed by atoms with E-state index in [9.17, 15) is 4.79 Å². The summed E-state index contributed by atoms with van der Waals surface area (Å²) in [6, 6.07) is 0.205. The third kappa shape index (κ3) is 4.77. The Morgan fingerprint density at radius 2 is 1.95 bits per heavy atom. The molecule has 0 aromatic rings. The second-order valence-corrected chi connectivity index (χ2v) is 6.03. The number of amides is 1. The lowest BCUT2D eigenvalue weighted by Crippen LogP contribution is -2.50. The van der Waals surface area contributed by atoms with Gasteiger partial charge in [-0.05, 0) is 40.2 Å². The van der Waals surface area contributed by atoms with Gasteiger partial charge in [-0.15, -0.1) is 0 Å². The SMILES string of the molecule is CNC1(CC(=O)N(CCCO)C(C)C)CCCCC1. The fourth-order valence-corrected chi connectivity index (χ4v) is 3.05. The molecule has 0 aromatic heterocycles. The molecule has 0 atom stereocenters. The van der Waals surface area contributed by atoms with E-state index in [1.165, 1.54) is 19.3 Å². The van der Waals surface area contributed by atoms with Crippen molar-refractivity contribution in [3.63, 3.8) is 0 Å². The standard InChI is InChI=1S/C15H30N2O2/c1-13(2)17(10-7-11-18)14(19)12-15(16-3)8-5-4-6-9-15/h13,16,18H,4-12H2,1-3H3. The van der Waals surface area contributed by atoms with Crippen molar-refractivity contribution in [2.75, 3.05) is 20.2 Å². The summed E-state index contributed by atoms with van der Waals surface area (Å²) < 4.78 is 0. The molecule has 0 aliphatic heterocycles. The van der Waals surface area contributed by atoms with Crippen molar-refractivity contribution in [3.05, 3.63) is 0 Å². The zero-order chi connectivity index (χ0) is 14.3. The Labute approximate surface area is 117 Å². The topological polar surface area (TPSA) is 52.6 Å². The summed E-state index contributed by atoms with van der Waals surface area (Å²) in [5, 5.41) is 12.3. The van der Waals surface area contributed by atoms with Crippen LogP contribution in [-0.2, 0) is 4.79 Å². The van der Waals surface area contributed by atoms with Gasteiger partial charge in [-0.2, -0.15) is 0 Å². The summed E-state index contributed by atoms with van der Waals surface area (Å²) >= 11 is 0. The first-order valence-corrected chi connectivity index (χ1v) is 7.64. The Kier molecular flexibility index (Phi) is 6.80. The highest BCUT2D eigenvalue weighted by molar-refractivity contribution is 5.77. The van der Waals surface area contributed by atoms with Crippen molar-refractivity contribution in [3.8, 4) is 0 Å². The van der Waals surface area contributed by atoms with Crippen molar-refractivity contribution in [1.82, 2.24) is 10.2 Å². The average molecular weight is 270 g/mol. The van der Waals surface area contributed by atoms with Gasteiger partial charge in [0.2, 0.25) is 5.91 Å². The Morgan fingerprint density at radius 1 is 1.32 bits per heavy atom. The van der Waals surface area contributed by atoms with Crippen LogP contribution in [0.15, 0.2) is 0 Å². The van der Waals surface area contributed by atoms with E-state index >= 15 is 0 Å². The van der Waals surface area contributed by atoms with Crippen molar-refractivity contribution < 1.29 is 9.90 Å². The van der Waals surface area contributed by atoms with Gasteiger partial charge in [-0.1, -0.05) is 19.3 Å². The zero-order valence-corrected chi connectivity index (χ0v) is 12.7. The van der Waals surface area contributed by atoms with Crippen LogP contribution in [0.5, 0.6) is 0 Å². The molecule has 19 heavy (non-hydrogen) atoms. The van der Waals surface area contributed by atoms with Crippen LogP contribution in [0.25, 0.3) is 0 Å². The second kappa shape index (κ2) is 7.85. The van der Waals surface area contributed by atoms with Crippen LogP contribution in [0.1, 0.15) is 58.8 Å². The van der Waals surface area contributed by atoms with E-state index in [0.29, 0.717) is 19.4 Å². The molecule has 0 heterocycles. The molecule has 4 heteroatoms. The van der Waals surface area contributed by atoms with Crippen LogP contribution >= 0.6 is 0 Å². The summed E-state index contributed by atoms with van der Waals surface area (Å²) in [7, 11) is 1.98. The fourth-order valence-electron chi connectivity index (χ4n) is 3.05. The molecular formula is C15H30N2O2. The summed E-state index contributed by atoms with van der Waals surface area (Å²) in [5.41, 5.74) is 0.00167. The molecule has 1 aliphatic carbocycles. The normalized spacial score (nSPS) is 18.6. The van der Waals surface area contributed by atoms with Crippen LogP contribution in [0, 0.1) is 0 Å². The van der Waals surface area contributed by atoms with Gasteiger partial charge in [0, 0.05) is 31.2 Å². The van der Waals surface area contributed by atoms with Gasteiger partial charge >= 0.3 is 0 Å². The largest absolute Gasteiger partial charge is 0.396 e. The number of nitrogens with zero attached hydrogens (tertiary/aromatic N) is 1. The van der Waals surface area contributed by atoms with Gasteiger partial charge in [-0.3, -0.25) is 4.79 Å². The number of nitrogens with one attached hydrogen (secondary N) is 1. The molecule has 1 fully saturated rings. The molecule has 0 aromatic carbocycles. The first kappa shape index (κ1) is 16.4. The minimum absolute atomic E-state index is 0.00167. The van der Waals surface area contributed by atoms with Crippen LogP contribution in [0.3, 0.4) is 0 Å². The highest BCUT2D eigenvalue weighted by Crippen LogP contribution is 2.31. The zero-order valence-electron chi connectivity index (χ0n) is 12.7. The van der Waals surface area contributed by atoms with Crippen molar-refractivity contribution in [1.29, 1.82) is 0 Å². The first-order valence-electron chi connectivity index (χ1n) is 7.64. The van der Waals surface area contributed by atoms with Gasteiger partial charge < -0.3 is 15.3 Å². The lowest BCUT2D eigenvalue weighted by molar-refractivity contribution is -0.135. The molecule has 0 bridgehead atoms. The van der Waals surface area contributed by atoms with Crippen molar-refractivity contribution >= 4 is 5.91 Å².